The van der Waals surface area contributed by atoms with Crippen LogP contribution in [0.15, 0.2) is 23.1 Å². The Balaban J connectivity index is 3.18. The zero-order chi connectivity index (χ0) is 13.9. The molecule has 0 aliphatic heterocycles. The van der Waals surface area contributed by atoms with Gasteiger partial charge in [0.05, 0.1) is 11.5 Å². The van der Waals surface area contributed by atoms with Crippen LogP contribution < -0.4 is 5.32 Å². The third kappa shape index (κ3) is 3.62. The van der Waals surface area contributed by atoms with E-state index in [0.29, 0.717) is 0 Å². The van der Waals surface area contributed by atoms with E-state index in [9.17, 15) is 27.3 Å². The number of alkyl halides is 2. The largest absolute Gasteiger partial charge is 0.379 e. The summed E-state index contributed by atoms with van der Waals surface area (Å²) in [4.78, 5) is 9.30. The fourth-order valence-corrected chi connectivity index (χ4v) is 2.13. The molecular formula is C9H10F2N2O4S. The van der Waals surface area contributed by atoms with E-state index in [2.05, 4.69) is 5.32 Å². The van der Waals surface area contributed by atoms with Crippen molar-refractivity contribution < 1.29 is 22.1 Å². The van der Waals surface area contributed by atoms with Crippen LogP contribution in [0, 0.1) is 10.1 Å². The lowest BCUT2D eigenvalue weighted by molar-refractivity contribution is -0.387. The lowest BCUT2D eigenvalue weighted by atomic mass is 10.3. The van der Waals surface area contributed by atoms with E-state index in [0.717, 1.165) is 18.4 Å². The van der Waals surface area contributed by atoms with Crippen LogP contribution in [0.4, 0.5) is 20.2 Å². The van der Waals surface area contributed by atoms with E-state index in [1.54, 1.807) is 0 Å². The van der Waals surface area contributed by atoms with Gasteiger partial charge in [0.25, 0.3) is 12.1 Å². The van der Waals surface area contributed by atoms with Crippen LogP contribution >= 0.6 is 0 Å². The first-order valence-electron chi connectivity index (χ1n) is 4.72. The second-order valence-corrected chi connectivity index (χ2v) is 5.47. The Labute approximate surface area is 102 Å². The molecule has 0 heterocycles. The summed E-state index contributed by atoms with van der Waals surface area (Å²) in [5.41, 5.74) is -0.499. The highest BCUT2D eigenvalue weighted by atomic mass is 32.2. The molecule has 100 valence electrons. The molecule has 9 heteroatoms. The molecule has 0 bridgehead atoms. The van der Waals surface area contributed by atoms with Crippen molar-refractivity contribution in [3.05, 3.63) is 28.3 Å². The van der Waals surface area contributed by atoms with Crippen molar-refractivity contribution >= 4 is 21.2 Å². The number of benzene rings is 1. The summed E-state index contributed by atoms with van der Waals surface area (Å²) in [7, 11) is -3.81. The molecule has 6 nitrogen and oxygen atoms in total. The molecule has 0 aliphatic carbocycles. The molecule has 0 saturated heterocycles. The smallest absolute Gasteiger partial charge is 0.288 e. The van der Waals surface area contributed by atoms with Crippen molar-refractivity contribution in [1.82, 2.24) is 0 Å². The molecule has 0 saturated carbocycles. The van der Waals surface area contributed by atoms with Crippen LogP contribution in [0.3, 0.4) is 0 Å². The monoisotopic (exact) mass is 280 g/mol. The number of hydrogen-bond donors (Lipinski definition) is 1. The summed E-state index contributed by atoms with van der Waals surface area (Å²) in [6, 6.07) is 3.11. The summed E-state index contributed by atoms with van der Waals surface area (Å²) in [5, 5.41) is 12.9. The minimum Gasteiger partial charge on any atom is -0.379 e. The van der Waals surface area contributed by atoms with Gasteiger partial charge in [0.15, 0.2) is 9.84 Å². The van der Waals surface area contributed by atoms with Gasteiger partial charge in [0, 0.05) is 18.0 Å². The van der Waals surface area contributed by atoms with Gasteiger partial charge in [0.2, 0.25) is 0 Å². The summed E-state index contributed by atoms with van der Waals surface area (Å²) in [6.45, 7) is -0.666. The fraction of sp³-hybridized carbons (Fsp3) is 0.333. The summed E-state index contributed by atoms with van der Waals surface area (Å²) >= 11 is 0. The minimum absolute atomic E-state index is 0.0846. The Kier molecular flexibility index (Phi) is 4.17. The third-order valence-corrected chi connectivity index (χ3v) is 3.14. The molecule has 0 fully saturated rings. The third-order valence-electron chi connectivity index (χ3n) is 2.02. The molecule has 0 spiro atoms. The van der Waals surface area contributed by atoms with Gasteiger partial charge in [-0.1, -0.05) is 0 Å². The highest BCUT2D eigenvalue weighted by Crippen LogP contribution is 2.26. The first-order chi connectivity index (χ1) is 8.21. The fourth-order valence-electron chi connectivity index (χ4n) is 1.27. The van der Waals surface area contributed by atoms with Crippen LogP contribution in [0.5, 0.6) is 0 Å². The van der Waals surface area contributed by atoms with E-state index in [-0.39, 0.29) is 5.69 Å². The average Bonchev–Trinajstić information content (AvgIpc) is 2.24. The number of hydrogen-bond acceptors (Lipinski definition) is 5. The van der Waals surface area contributed by atoms with Crippen molar-refractivity contribution in [2.45, 2.75) is 11.3 Å². The minimum atomic E-state index is -3.81. The topological polar surface area (TPSA) is 89.3 Å². The number of nitrogens with zero attached hydrogens (tertiary/aromatic N) is 1. The second-order valence-electron chi connectivity index (χ2n) is 3.48. The maximum Gasteiger partial charge on any atom is 0.288 e. The Hall–Kier alpha value is -1.77. The maximum atomic E-state index is 12.0. The lowest BCUT2D eigenvalue weighted by Crippen LogP contribution is -2.11. The van der Waals surface area contributed by atoms with Crippen LogP contribution in [-0.2, 0) is 9.84 Å². The Bertz CT molecular complexity index is 560. The van der Waals surface area contributed by atoms with E-state index >= 15 is 0 Å². The molecule has 0 aliphatic rings. The van der Waals surface area contributed by atoms with Crippen molar-refractivity contribution in [2.75, 3.05) is 18.1 Å². The zero-order valence-electron chi connectivity index (χ0n) is 9.26. The molecule has 0 radical (unpaired) electrons. The normalized spacial score (nSPS) is 11.6. The van der Waals surface area contributed by atoms with Crippen LogP contribution in [-0.4, -0.2) is 32.6 Å². The van der Waals surface area contributed by atoms with Crippen LogP contribution in [0.25, 0.3) is 0 Å². The number of anilines is 1. The number of sulfone groups is 1. The van der Waals surface area contributed by atoms with Gasteiger partial charge < -0.3 is 5.32 Å². The Morgan fingerprint density at radius 1 is 1.44 bits per heavy atom. The molecule has 1 rings (SSSR count). The first kappa shape index (κ1) is 14.3. The Morgan fingerprint density at radius 2 is 2.06 bits per heavy atom. The van der Waals surface area contributed by atoms with E-state index in [1.165, 1.54) is 6.07 Å². The Morgan fingerprint density at radius 3 is 2.50 bits per heavy atom. The predicted molar refractivity (Wildman–Crippen MR) is 60.7 cm³/mol. The van der Waals surface area contributed by atoms with E-state index in [1.807, 2.05) is 0 Å². The van der Waals surface area contributed by atoms with Gasteiger partial charge in [-0.3, -0.25) is 10.1 Å². The van der Waals surface area contributed by atoms with Gasteiger partial charge in [-0.15, -0.1) is 0 Å². The molecule has 0 atom stereocenters. The van der Waals surface area contributed by atoms with Crippen LogP contribution in [0.2, 0.25) is 0 Å². The standard InChI is InChI=1S/C9H10F2N2O4S/c1-18(16,17)8-4-6(12-5-9(10)11)2-3-7(8)13(14)15/h2-4,9,12H,5H2,1H3. The summed E-state index contributed by atoms with van der Waals surface area (Å²) in [6.07, 6.45) is -1.80. The number of nitro groups is 1. The van der Waals surface area contributed by atoms with Gasteiger partial charge >= 0.3 is 0 Å². The maximum absolute atomic E-state index is 12.0. The molecule has 18 heavy (non-hydrogen) atoms. The number of rotatable bonds is 5. The summed E-state index contributed by atoms with van der Waals surface area (Å²) < 4.78 is 46.7. The van der Waals surface area contributed by atoms with Gasteiger partial charge in [0.1, 0.15) is 4.90 Å². The first-order valence-corrected chi connectivity index (χ1v) is 6.61. The highest BCUT2D eigenvalue weighted by Gasteiger charge is 2.22. The SMILES string of the molecule is CS(=O)(=O)c1cc(NCC(F)F)ccc1[N+](=O)[O-]. The molecule has 1 aromatic carbocycles. The molecule has 1 aromatic rings. The lowest BCUT2D eigenvalue weighted by Gasteiger charge is -2.07. The van der Waals surface area contributed by atoms with Crippen molar-refractivity contribution in [3.8, 4) is 0 Å². The second kappa shape index (κ2) is 5.25. The predicted octanol–water partition coefficient (Wildman–Crippen LogP) is 1.68. The average molecular weight is 280 g/mol. The number of halogens is 2. The van der Waals surface area contributed by atoms with E-state index < -0.39 is 38.3 Å². The molecule has 0 aromatic heterocycles. The van der Waals surface area contributed by atoms with Crippen molar-refractivity contribution in [3.63, 3.8) is 0 Å². The molecule has 1 N–H and O–H groups in total. The number of nitro benzene ring substituents is 1. The molecular weight excluding hydrogens is 270 g/mol. The van der Waals surface area contributed by atoms with Crippen molar-refractivity contribution in [2.24, 2.45) is 0 Å². The van der Waals surface area contributed by atoms with Gasteiger partial charge in [-0.05, 0) is 12.1 Å². The van der Waals surface area contributed by atoms with Crippen LogP contribution in [0.1, 0.15) is 0 Å². The van der Waals surface area contributed by atoms with Crippen molar-refractivity contribution in [1.29, 1.82) is 0 Å². The highest BCUT2D eigenvalue weighted by molar-refractivity contribution is 7.90. The quantitative estimate of drug-likeness (QED) is 0.654. The van der Waals surface area contributed by atoms with Gasteiger partial charge in [-0.25, -0.2) is 17.2 Å². The molecule has 0 unspecified atom stereocenters. The number of nitrogens with one attached hydrogen (secondary N) is 1. The molecule has 0 amide bonds. The van der Waals surface area contributed by atoms with Gasteiger partial charge in [-0.2, -0.15) is 0 Å². The van der Waals surface area contributed by atoms with E-state index in [4.69, 9.17) is 0 Å². The summed E-state index contributed by atoms with van der Waals surface area (Å²) in [5.74, 6) is 0. The zero-order valence-corrected chi connectivity index (χ0v) is 10.1.